The van der Waals surface area contributed by atoms with E-state index in [1.807, 2.05) is 6.92 Å². The van der Waals surface area contributed by atoms with Gasteiger partial charge in [0.15, 0.2) is 0 Å². The number of nitrogens with two attached hydrogens (primary N) is 1. The van der Waals surface area contributed by atoms with Crippen LogP contribution in [0.1, 0.15) is 18.5 Å². The van der Waals surface area contributed by atoms with Gasteiger partial charge in [-0.25, -0.2) is 8.78 Å². The van der Waals surface area contributed by atoms with E-state index >= 15 is 0 Å². The van der Waals surface area contributed by atoms with E-state index in [1.54, 1.807) is 24.3 Å². The Hall–Kier alpha value is -2.08. The molecule has 0 amide bonds. The Labute approximate surface area is 141 Å². The predicted molar refractivity (Wildman–Crippen MR) is 91.8 cm³/mol. The molecule has 0 aliphatic carbocycles. The minimum atomic E-state index is -0.436. The van der Waals surface area contributed by atoms with Crippen molar-refractivity contribution >= 4 is 28.0 Å². The zero-order valence-electron chi connectivity index (χ0n) is 12.3. The Kier molecular flexibility index (Phi) is 4.26. The lowest BCUT2D eigenvalue weighted by molar-refractivity contribution is 0.537. The maximum Gasteiger partial charge on any atom is 0.136 e. The highest BCUT2D eigenvalue weighted by molar-refractivity contribution is 9.10. The smallest absolute Gasteiger partial charge is 0.136 e. The van der Waals surface area contributed by atoms with Gasteiger partial charge in [-0.15, -0.1) is 0 Å². The fraction of sp³-hybridized carbons (Fsp3) is 0.176. The molecule has 23 heavy (non-hydrogen) atoms. The molecule has 2 unspecified atom stereocenters. The van der Waals surface area contributed by atoms with E-state index in [0.29, 0.717) is 27.0 Å². The molecular weight excluding hydrogens is 364 g/mol. The van der Waals surface area contributed by atoms with Crippen LogP contribution in [0.2, 0.25) is 0 Å². The molecule has 1 aliphatic heterocycles. The van der Waals surface area contributed by atoms with Gasteiger partial charge in [0, 0.05) is 15.6 Å². The monoisotopic (exact) mass is 377 g/mol. The van der Waals surface area contributed by atoms with Crippen LogP contribution < -0.4 is 5.73 Å². The van der Waals surface area contributed by atoms with Gasteiger partial charge in [-0.2, -0.15) is 0 Å². The number of nitrogens with zero attached hydrogens (tertiary/aromatic N) is 2. The first-order valence-corrected chi connectivity index (χ1v) is 7.86. The van der Waals surface area contributed by atoms with Crippen LogP contribution in [0.4, 0.5) is 8.78 Å². The average Bonchev–Trinajstić information content (AvgIpc) is 2.48. The van der Waals surface area contributed by atoms with Gasteiger partial charge in [0.25, 0.3) is 0 Å². The summed E-state index contributed by atoms with van der Waals surface area (Å²) in [4.78, 5) is 8.45. The highest BCUT2D eigenvalue weighted by Crippen LogP contribution is 2.32. The van der Waals surface area contributed by atoms with Crippen LogP contribution in [0.25, 0.3) is 11.1 Å². The summed E-state index contributed by atoms with van der Waals surface area (Å²) in [5.41, 5.74) is 6.84. The molecule has 0 radical (unpaired) electrons. The van der Waals surface area contributed by atoms with E-state index in [2.05, 4.69) is 25.9 Å². The lowest BCUT2D eigenvalue weighted by atomic mass is 9.96. The number of amidine groups is 1. The Bertz CT molecular complexity index is 817. The first-order valence-electron chi connectivity index (χ1n) is 7.07. The van der Waals surface area contributed by atoms with Crippen LogP contribution in [0, 0.1) is 11.6 Å². The van der Waals surface area contributed by atoms with Gasteiger partial charge in [0.05, 0.1) is 18.3 Å². The number of rotatable bonds is 2. The molecule has 2 atom stereocenters. The quantitative estimate of drug-likeness (QED) is 0.834. The zero-order valence-corrected chi connectivity index (χ0v) is 13.9. The van der Waals surface area contributed by atoms with Gasteiger partial charge >= 0.3 is 0 Å². The molecule has 6 heteroatoms. The minimum Gasteiger partial charge on any atom is -0.383 e. The molecule has 118 valence electrons. The van der Waals surface area contributed by atoms with Crippen molar-refractivity contribution < 1.29 is 8.78 Å². The lowest BCUT2D eigenvalue weighted by Gasteiger charge is -2.21. The third-order valence-corrected chi connectivity index (χ3v) is 4.23. The average molecular weight is 378 g/mol. The highest BCUT2D eigenvalue weighted by atomic mass is 79.9. The largest absolute Gasteiger partial charge is 0.383 e. The SMILES string of the molecule is CC1N=C(N)C=NC1c1ccc(-c2ccc(Br)cc2F)cc1F. The molecule has 2 aromatic carbocycles. The van der Waals surface area contributed by atoms with Crippen LogP contribution >= 0.6 is 15.9 Å². The van der Waals surface area contributed by atoms with E-state index in [-0.39, 0.29) is 6.04 Å². The van der Waals surface area contributed by atoms with Crippen molar-refractivity contribution in [2.24, 2.45) is 15.7 Å². The Morgan fingerprint density at radius 3 is 2.52 bits per heavy atom. The maximum absolute atomic E-state index is 14.5. The summed E-state index contributed by atoms with van der Waals surface area (Å²) in [6.45, 7) is 1.83. The van der Waals surface area contributed by atoms with Crippen molar-refractivity contribution in [3.8, 4) is 11.1 Å². The summed E-state index contributed by atoms with van der Waals surface area (Å²) in [5, 5.41) is 0. The Morgan fingerprint density at radius 1 is 1.09 bits per heavy atom. The first kappa shape index (κ1) is 15.8. The van der Waals surface area contributed by atoms with E-state index < -0.39 is 17.7 Å². The minimum absolute atomic E-state index is 0.246. The van der Waals surface area contributed by atoms with Gasteiger partial charge in [0.2, 0.25) is 0 Å². The molecule has 0 saturated carbocycles. The number of hydrogen-bond acceptors (Lipinski definition) is 3. The molecule has 0 spiro atoms. The van der Waals surface area contributed by atoms with Gasteiger partial charge in [-0.05, 0) is 30.7 Å². The molecule has 3 nitrogen and oxygen atoms in total. The maximum atomic E-state index is 14.5. The Morgan fingerprint density at radius 2 is 1.87 bits per heavy atom. The standard InChI is InChI=1S/C17H14BrF2N3/c1-9-17(22-8-16(21)23-9)13-4-2-10(6-14(13)19)12-5-3-11(18)7-15(12)20/h2-9,17H,1H3,(H2,21,23). The van der Waals surface area contributed by atoms with Gasteiger partial charge in [0.1, 0.15) is 17.5 Å². The van der Waals surface area contributed by atoms with Crippen LogP contribution in [0.5, 0.6) is 0 Å². The van der Waals surface area contributed by atoms with Crippen LogP contribution in [-0.2, 0) is 0 Å². The molecule has 0 fully saturated rings. The normalized spacial score (nSPS) is 20.4. The van der Waals surface area contributed by atoms with Crippen molar-refractivity contribution in [1.82, 2.24) is 0 Å². The molecule has 0 bridgehead atoms. The molecular formula is C17H14BrF2N3. The second kappa shape index (κ2) is 6.20. The van der Waals surface area contributed by atoms with E-state index in [1.165, 1.54) is 18.3 Å². The Balaban J connectivity index is 1.97. The molecule has 1 heterocycles. The summed E-state index contributed by atoms with van der Waals surface area (Å²) in [6, 6.07) is 8.65. The summed E-state index contributed by atoms with van der Waals surface area (Å²) < 4.78 is 29.2. The van der Waals surface area contributed by atoms with Crippen molar-refractivity contribution in [2.45, 2.75) is 19.0 Å². The molecule has 0 aromatic heterocycles. The van der Waals surface area contributed by atoms with Gasteiger partial charge in [-0.3, -0.25) is 9.98 Å². The topological polar surface area (TPSA) is 50.7 Å². The zero-order chi connectivity index (χ0) is 16.6. The second-order valence-corrected chi connectivity index (χ2v) is 6.29. The van der Waals surface area contributed by atoms with E-state index in [0.717, 1.165) is 0 Å². The molecule has 2 N–H and O–H groups in total. The van der Waals surface area contributed by atoms with Crippen molar-refractivity contribution in [3.63, 3.8) is 0 Å². The van der Waals surface area contributed by atoms with Crippen LogP contribution in [-0.4, -0.2) is 18.1 Å². The fourth-order valence-electron chi connectivity index (χ4n) is 2.62. The molecule has 0 saturated heterocycles. The van der Waals surface area contributed by atoms with Gasteiger partial charge in [-0.1, -0.05) is 34.1 Å². The van der Waals surface area contributed by atoms with E-state index in [4.69, 9.17) is 5.73 Å². The first-order chi connectivity index (χ1) is 11.0. The summed E-state index contributed by atoms with van der Waals surface area (Å²) >= 11 is 3.21. The highest BCUT2D eigenvalue weighted by Gasteiger charge is 2.24. The second-order valence-electron chi connectivity index (χ2n) is 5.38. The summed E-state index contributed by atoms with van der Waals surface area (Å²) in [5.74, 6) is -0.509. The number of aliphatic imine (C=N–C) groups is 2. The third-order valence-electron chi connectivity index (χ3n) is 3.74. The number of benzene rings is 2. The third kappa shape index (κ3) is 3.17. The molecule has 2 aromatic rings. The molecule has 3 rings (SSSR count). The number of halogens is 3. The fourth-order valence-corrected chi connectivity index (χ4v) is 2.95. The molecule has 1 aliphatic rings. The predicted octanol–water partition coefficient (Wildman–Crippen LogP) is 4.27. The van der Waals surface area contributed by atoms with Crippen LogP contribution in [0.15, 0.2) is 50.9 Å². The summed E-state index contributed by atoms with van der Waals surface area (Å²) in [7, 11) is 0. The van der Waals surface area contributed by atoms with E-state index in [9.17, 15) is 8.78 Å². The van der Waals surface area contributed by atoms with Gasteiger partial charge < -0.3 is 5.73 Å². The summed E-state index contributed by atoms with van der Waals surface area (Å²) in [6.07, 6.45) is 1.44. The van der Waals surface area contributed by atoms with Crippen LogP contribution in [0.3, 0.4) is 0 Å². The number of hydrogen-bond donors (Lipinski definition) is 1. The van der Waals surface area contributed by atoms with Crippen molar-refractivity contribution in [3.05, 3.63) is 58.1 Å². The van der Waals surface area contributed by atoms with Crippen molar-refractivity contribution in [2.75, 3.05) is 0 Å². The van der Waals surface area contributed by atoms with Crippen molar-refractivity contribution in [1.29, 1.82) is 0 Å². The lowest BCUT2D eigenvalue weighted by Crippen LogP contribution is -2.25.